The first-order valence-corrected chi connectivity index (χ1v) is 5.79. The van der Waals surface area contributed by atoms with Gasteiger partial charge in [-0.1, -0.05) is 22.0 Å². The normalized spacial score (nSPS) is 10.0. The van der Waals surface area contributed by atoms with Crippen molar-refractivity contribution in [1.29, 1.82) is 0 Å². The van der Waals surface area contributed by atoms with Crippen molar-refractivity contribution in [1.82, 2.24) is 9.97 Å². The Bertz CT molecular complexity index is 543. The summed E-state index contributed by atoms with van der Waals surface area (Å²) >= 11 is 3.41. The van der Waals surface area contributed by atoms with Gasteiger partial charge in [-0.15, -0.1) is 0 Å². The fourth-order valence-corrected chi connectivity index (χ4v) is 1.66. The summed E-state index contributed by atoms with van der Waals surface area (Å²) in [5.74, 6) is -0.270. The molecule has 1 aromatic heterocycles. The Morgan fingerprint density at radius 2 is 2.18 bits per heavy atom. The molecule has 0 saturated heterocycles. The topological polar surface area (TPSA) is 54.9 Å². The van der Waals surface area contributed by atoms with Crippen LogP contribution in [0.3, 0.4) is 0 Å². The molecule has 0 radical (unpaired) electrons. The molecular weight excluding hydrogens is 282 g/mol. The number of hydrogen-bond acceptors (Lipinski definition) is 3. The average Bonchev–Trinajstić information content (AvgIpc) is 2.35. The van der Waals surface area contributed by atoms with Crippen molar-refractivity contribution in [3.63, 3.8) is 0 Å². The van der Waals surface area contributed by atoms with E-state index in [9.17, 15) is 4.79 Å². The molecule has 1 heterocycles. The van der Waals surface area contributed by atoms with E-state index >= 15 is 0 Å². The lowest BCUT2D eigenvalue weighted by Gasteiger charge is -2.06. The standard InChI is InChI=1S/C12H10BrN3O/c1-8-2-3-9(6-10(8)13)16-12(17)11-7-14-4-5-15-11/h2-7H,1H3,(H,16,17). The molecular formula is C12H10BrN3O. The third-order valence-electron chi connectivity index (χ3n) is 2.23. The average molecular weight is 292 g/mol. The lowest BCUT2D eigenvalue weighted by atomic mass is 10.2. The van der Waals surface area contributed by atoms with E-state index in [1.165, 1.54) is 18.6 Å². The van der Waals surface area contributed by atoms with Gasteiger partial charge in [-0.2, -0.15) is 0 Å². The molecule has 17 heavy (non-hydrogen) atoms. The summed E-state index contributed by atoms with van der Waals surface area (Å²) in [6.45, 7) is 1.98. The van der Waals surface area contributed by atoms with Crippen molar-refractivity contribution >= 4 is 27.5 Å². The largest absolute Gasteiger partial charge is 0.321 e. The van der Waals surface area contributed by atoms with E-state index < -0.39 is 0 Å². The Hall–Kier alpha value is -1.75. The summed E-state index contributed by atoms with van der Waals surface area (Å²) in [7, 11) is 0. The molecule has 2 aromatic rings. The van der Waals surface area contributed by atoms with Crippen molar-refractivity contribution in [2.24, 2.45) is 0 Å². The first-order valence-electron chi connectivity index (χ1n) is 5.00. The van der Waals surface area contributed by atoms with E-state index in [0.717, 1.165) is 15.7 Å². The minimum atomic E-state index is -0.270. The fraction of sp³-hybridized carbons (Fsp3) is 0.0833. The van der Waals surface area contributed by atoms with Crippen LogP contribution in [0.25, 0.3) is 0 Å². The van der Waals surface area contributed by atoms with E-state index in [4.69, 9.17) is 0 Å². The molecule has 2 rings (SSSR count). The molecule has 0 atom stereocenters. The van der Waals surface area contributed by atoms with E-state index in [-0.39, 0.29) is 5.91 Å². The molecule has 1 N–H and O–H groups in total. The molecule has 0 aliphatic heterocycles. The van der Waals surface area contributed by atoms with Gasteiger partial charge in [-0.05, 0) is 24.6 Å². The molecule has 0 bridgehead atoms. The predicted octanol–water partition coefficient (Wildman–Crippen LogP) is 2.80. The molecule has 5 heteroatoms. The molecule has 4 nitrogen and oxygen atoms in total. The quantitative estimate of drug-likeness (QED) is 0.926. The predicted molar refractivity (Wildman–Crippen MR) is 68.9 cm³/mol. The number of rotatable bonds is 2. The van der Waals surface area contributed by atoms with E-state index in [0.29, 0.717) is 5.69 Å². The highest BCUT2D eigenvalue weighted by Gasteiger charge is 2.07. The number of aryl methyl sites for hydroxylation is 1. The van der Waals surface area contributed by atoms with Crippen LogP contribution in [0.1, 0.15) is 16.1 Å². The number of nitrogens with one attached hydrogen (secondary N) is 1. The number of nitrogens with zero attached hydrogens (tertiary/aromatic N) is 2. The number of hydrogen-bond donors (Lipinski definition) is 1. The first-order chi connectivity index (χ1) is 8.16. The van der Waals surface area contributed by atoms with Crippen molar-refractivity contribution in [3.8, 4) is 0 Å². The van der Waals surface area contributed by atoms with Gasteiger partial charge in [-0.25, -0.2) is 4.98 Å². The summed E-state index contributed by atoms with van der Waals surface area (Å²) in [4.78, 5) is 19.6. The van der Waals surface area contributed by atoms with Gasteiger partial charge in [0.05, 0.1) is 6.20 Å². The van der Waals surface area contributed by atoms with Gasteiger partial charge >= 0.3 is 0 Å². The maximum Gasteiger partial charge on any atom is 0.275 e. The fourth-order valence-electron chi connectivity index (χ4n) is 1.28. The smallest absolute Gasteiger partial charge is 0.275 e. The van der Waals surface area contributed by atoms with Crippen LogP contribution in [0.2, 0.25) is 0 Å². The Labute approximate surface area is 107 Å². The summed E-state index contributed by atoms with van der Waals surface area (Å²) < 4.78 is 0.953. The first kappa shape index (κ1) is 11.7. The monoisotopic (exact) mass is 291 g/mol. The molecule has 86 valence electrons. The third-order valence-corrected chi connectivity index (χ3v) is 3.08. The Kier molecular flexibility index (Phi) is 3.49. The van der Waals surface area contributed by atoms with E-state index in [2.05, 4.69) is 31.2 Å². The van der Waals surface area contributed by atoms with Crippen LogP contribution in [0, 0.1) is 6.92 Å². The highest BCUT2D eigenvalue weighted by Crippen LogP contribution is 2.20. The lowest BCUT2D eigenvalue weighted by Crippen LogP contribution is -2.13. The van der Waals surface area contributed by atoms with Crippen molar-refractivity contribution in [3.05, 3.63) is 52.5 Å². The minimum Gasteiger partial charge on any atom is -0.321 e. The van der Waals surface area contributed by atoms with E-state index in [1.807, 2.05) is 25.1 Å². The highest BCUT2D eigenvalue weighted by atomic mass is 79.9. The zero-order valence-corrected chi connectivity index (χ0v) is 10.7. The summed E-state index contributed by atoms with van der Waals surface area (Å²) in [5, 5.41) is 2.75. The number of halogens is 1. The number of aromatic nitrogens is 2. The summed E-state index contributed by atoms with van der Waals surface area (Å²) in [6.07, 6.45) is 4.44. The maximum absolute atomic E-state index is 11.8. The molecule has 1 aromatic carbocycles. The number of carbonyl (C=O) groups excluding carboxylic acids is 1. The van der Waals surface area contributed by atoms with Gasteiger partial charge in [0.1, 0.15) is 5.69 Å². The molecule has 0 aliphatic carbocycles. The summed E-state index contributed by atoms with van der Waals surface area (Å²) in [6, 6.07) is 5.62. The third kappa shape index (κ3) is 2.88. The van der Waals surface area contributed by atoms with Crippen LogP contribution in [0.5, 0.6) is 0 Å². The van der Waals surface area contributed by atoms with Crippen molar-refractivity contribution < 1.29 is 4.79 Å². The number of anilines is 1. The van der Waals surface area contributed by atoms with Gasteiger partial charge in [0, 0.05) is 22.6 Å². The van der Waals surface area contributed by atoms with Crippen LogP contribution < -0.4 is 5.32 Å². The molecule has 0 saturated carbocycles. The summed E-state index contributed by atoms with van der Waals surface area (Å²) in [5.41, 5.74) is 2.13. The Balaban J connectivity index is 2.16. The number of benzene rings is 1. The molecule has 0 unspecified atom stereocenters. The number of carbonyl (C=O) groups is 1. The molecule has 0 spiro atoms. The van der Waals surface area contributed by atoms with Crippen LogP contribution in [-0.4, -0.2) is 15.9 Å². The number of amides is 1. The molecule has 1 amide bonds. The second kappa shape index (κ2) is 5.05. The van der Waals surface area contributed by atoms with Gasteiger partial charge in [0.2, 0.25) is 0 Å². The lowest BCUT2D eigenvalue weighted by molar-refractivity contribution is 0.102. The zero-order chi connectivity index (χ0) is 12.3. The van der Waals surface area contributed by atoms with Gasteiger partial charge in [0.25, 0.3) is 5.91 Å². The van der Waals surface area contributed by atoms with Gasteiger partial charge in [0.15, 0.2) is 0 Å². The maximum atomic E-state index is 11.8. The van der Waals surface area contributed by atoms with E-state index in [1.54, 1.807) is 0 Å². The molecule has 0 aliphatic rings. The van der Waals surface area contributed by atoms with Crippen LogP contribution in [-0.2, 0) is 0 Å². The highest BCUT2D eigenvalue weighted by molar-refractivity contribution is 9.10. The van der Waals surface area contributed by atoms with Gasteiger partial charge in [-0.3, -0.25) is 9.78 Å². The second-order valence-electron chi connectivity index (χ2n) is 3.51. The van der Waals surface area contributed by atoms with Crippen LogP contribution in [0.4, 0.5) is 5.69 Å². The Morgan fingerprint density at radius 1 is 1.35 bits per heavy atom. The van der Waals surface area contributed by atoms with Crippen LogP contribution in [0.15, 0.2) is 41.3 Å². The van der Waals surface area contributed by atoms with Crippen molar-refractivity contribution in [2.45, 2.75) is 6.92 Å². The van der Waals surface area contributed by atoms with Crippen molar-refractivity contribution in [2.75, 3.05) is 5.32 Å². The second-order valence-corrected chi connectivity index (χ2v) is 4.36. The Morgan fingerprint density at radius 3 is 2.82 bits per heavy atom. The SMILES string of the molecule is Cc1ccc(NC(=O)c2cnccn2)cc1Br. The van der Waals surface area contributed by atoms with Crippen LogP contribution >= 0.6 is 15.9 Å². The zero-order valence-electron chi connectivity index (χ0n) is 9.14. The molecule has 0 fully saturated rings. The minimum absolute atomic E-state index is 0.270. The van der Waals surface area contributed by atoms with Gasteiger partial charge < -0.3 is 5.32 Å².